The highest BCUT2D eigenvalue weighted by atomic mass is 16.4. The molecule has 5 nitrogen and oxygen atoms in total. The minimum Gasteiger partial charge on any atom is -0.481 e. The molecular weight excluding hydrogens is 256 g/mol. The summed E-state index contributed by atoms with van der Waals surface area (Å²) in [5, 5.41) is 14.2. The van der Waals surface area contributed by atoms with Crippen molar-refractivity contribution in [2.45, 2.75) is 39.7 Å². The Kier molecular flexibility index (Phi) is 6.03. The lowest BCUT2D eigenvalue weighted by molar-refractivity contribution is -0.136. The molecule has 0 radical (unpaired) electrons. The van der Waals surface area contributed by atoms with Crippen LogP contribution in [-0.2, 0) is 11.2 Å². The van der Waals surface area contributed by atoms with Crippen molar-refractivity contribution in [1.82, 2.24) is 5.32 Å². The molecule has 0 aromatic heterocycles. The molecule has 0 saturated heterocycles. The Balaban J connectivity index is 2.48. The van der Waals surface area contributed by atoms with E-state index in [-0.39, 0.29) is 18.5 Å². The maximum atomic E-state index is 11.7. The van der Waals surface area contributed by atoms with Gasteiger partial charge in [0.05, 0.1) is 0 Å². The number of amides is 2. The summed E-state index contributed by atoms with van der Waals surface area (Å²) in [4.78, 5) is 22.2. The number of benzene rings is 1. The van der Waals surface area contributed by atoms with Crippen molar-refractivity contribution >= 4 is 17.7 Å². The molecule has 0 saturated carbocycles. The number of aliphatic carboxylic acids is 1. The molecule has 3 N–H and O–H groups in total. The molecule has 2 amide bonds. The van der Waals surface area contributed by atoms with Crippen LogP contribution in [0.3, 0.4) is 0 Å². The van der Waals surface area contributed by atoms with Crippen LogP contribution in [-0.4, -0.2) is 23.1 Å². The zero-order valence-corrected chi connectivity index (χ0v) is 12.1. The van der Waals surface area contributed by atoms with Crippen molar-refractivity contribution in [3.8, 4) is 0 Å². The number of rotatable bonds is 6. The van der Waals surface area contributed by atoms with Crippen LogP contribution in [0.5, 0.6) is 0 Å². The number of carboxylic acid groups (broad SMARTS) is 1. The largest absolute Gasteiger partial charge is 0.481 e. The number of carbonyl (C=O) groups excluding carboxylic acids is 1. The summed E-state index contributed by atoms with van der Waals surface area (Å²) in [5.74, 6) is -0.437. The number of hydrogen-bond donors (Lipinski definition) is 3. The Bertz CT molecular complexity index is 455. The van der Waals surface area contributed by atoms with Gasteiger partial charge in [-0.25, -0.2) is 4.79 Å². The Morgan fingerprint density at radius 1 is 1.15 bits per heavy atom. The maximum Gasteiger partial charge on any atom is 0.319 e. The van der Waals surface area contributed by atoms with E-state index in [0.29, 0.717) is 18.0 Å². The molecule has 1 rings (SSSR count). The zero-order chi connectivity index (χ0) is 15.1. The van der Waals surface area contributed by atoms with Gasteiger partial charge in [0.2, 0.25) is 0 Å². The van der Waals surface area contributed by atoms with Crippen molar-refractivity contribution in [2.75, 3.05) is 5.32 Å². The van der Waals surface area contributed by atoms with Crippen LogP contribution in [0.15, 0.2) is 24.3 Å². The van der Waals surface area contributed by atoms with Crippen LogP contribution >= 0.6 is 0 Å². The summed E-state index contributed by atoms with van der Waals surface area (Å²) in [7, 11) is 0. The molecule has 1 aromatic carbocycles. The average molecular weight is 278 g/mol. The van der Waals surface area contributed by atoms with Crippen molar-refractivity contribution in [1.29, 1.82) is 0 Å². The fourth-order valence-electron chi connectivity index (χ4n) is 1.55. The fraction of sp³-hybridized carbons (Fsp3) is 0.467. The summed E-state index contributed by atoms with van der Waals surface area (Å²) in [5.41, 5.74) is 1.63. The first-order valence-corrected chi connectivity index (χ1v) is 6.76. The van der Waals surface area contributed by atoms with Crippen LogP contribution in [0.4, 0.5) is 10.5 Å². The van der Waals surface area contributed by atoms with E-state index >= 15 is 0 Å². The number of aryl methyl sites for hydroxylation is 1. The maximum absolute atomic E-state index is 11.7. The minimum atomic E-state index is -0.811. The van der Waals surface area contributed by atoms with E-state index in [2.05, 4.69) is 10.6 Å². The van der Waals surface area contributed by atoms with E-state index in [1.807, 2.05) is 32.9 Å². The Labute approximate surface area is 119 Å². The number of carboxylic acids is 1. The van der Waals surface area contributed by atoms with Gasteiger partial charge in [0.25, 0.3) is 0 Å². The van der Waals surface area contributed by atoms with Gasteiger partial charge in [0.15, 0.2) is 0 Å². The van der Waals surface area contributed by atoms with Gasteiger partial charge in [-0.1, -0.05) is 26.0 Å². The molecule has 0 bridgehead atoms. The lowest BCUT2D eigenvalue weighted by Crippen LogP contribution is -2.38. The third kappa shape index (κ3) is 5.73. The Morgan fingerprint density at radius 3 is 2.25 bits per heavy atom. The number of hydrogen-bond acceptors (Lipinski definition) is 2. The first kappa shape index (κ1) is 16.0. The minimum absolute atomic E-state index is 0.102. The van der Waals surface area contributed by atoms with E-state index in [1.54, 1.807) is 12.1 Å². The molecule has 0 aliphatic heterocycles. The predicted octanol–water partition coefficient (Wildman–Crippen LogP) is 2.87. The number of nitrogens with one attached hydrogen (secondary N) is 2. The van der Waals surface area contributed by atoms with Crippen LogP contribution < -0.4 is 10.6 Å². The third-order valence-corrected chi connectivity index (χ3v) is 3.20. The first-order valence-electron chi connectivity index (χ1n) is 6.76. The molecule has 110 valence electrons. The highest BCUT2D eigenvalue weighted by Crippen LogP contribution is 2.11. The summed E-state index contributed by atoms with van der Waals surface area (Å²) in [6.45, 7) is 6.05. The summed E-state index contributed by atoms with van der Waals surface area (Å²) in [6, 6.07) is 7.07. The Morgan fingerprint density at radius 2 is 1.75 bits per heavy atom. The second-order valence-corrected chi connectivity index (χ2v) is 5.22. The standard InChI is InChI=1S/C15H22N2O3/c1-10(2)11(3)16-15(20)17-13-7-4-12(5-8-13)6-9-14(18)19/h4-5,7-8,10-11H,6,9H2,1-3H3,(H,18,19)(H2,16,17,20). The van der Waals surface area contributed by atoms with Crippen molar-refractivity contribution < 1.29 is 14.7 Å². The SMILES string of the molecule is CC(C)C(C)NC(=O)Nc1ccc(CCC(=O)O)cc1. The van der Waals surface area contributed by atoms with Gasteiger partial charge < -0.3 is 15.7 Å². The third-order valence-electron chi connectivity index (χ3n) is 3.20. The van der Waals surface area contributed by atoms with Crippen LogP contribution in [0.25, 0.3) is 0 Å². The molecule has 0 spiro atoms. The van der Waals surface area contributed by atoms with E-state index in [0.717, 1.165) is 5.56 Å². The number of urea groups is 1. The lowest BCUT2D eigenvalue weighted by atomic mass is 10.1. The van der Waals surface area contributed by atoms with Crippen molar-refractivity contribution in [3.63, 3.8) is 0 Å². The predicted molar refractivity (Wildman–Crippen MR) is 78.9 cm³/mol. The van der Waals surface area contributed by atoms with Gasteiger partial charge in [0.1, 0.15) is 0 Å². The number of anilines is 1. The van der Waals surface area contributed by atoms with Gasteiger partial charge in [-0.2, -0.15) is 0 Å². The lowest BCUT2D eigenvalue weighted by Gasteiger charge is -2.17. The molecule has 1 atom stereocenters. The topological polar surface area (TPSA) is 78.4 Å². The normalized spacial score (nSPS) is 12.0. The van der Waals surface area contributed by atoms with Gasteiger partial charge in [0, 0.05) is 18.2 Å². The van der Waals surface area contributed by atoms with Gasteiger partial charge in [-0.05, 0) is 37.0 Å². The average Bonchev–Trinajstić information content (AvgIpc) is 2.37. The second-order valence-electron chi connectivity index (χ2n) is 5.22. The second kappa shape index (κ2) is 7.53. The molecule has 1 aromatic rings. The summed E-state index contributed by atoms with van der Waals surface area (Å²) >= 11 is 0. The molecule has 5 heteroatoms. The quantitative estimate of drug-likeness (QED) is 0.748. The van der Waals surface area contributed by atoms with E-state index in [1.165, 1.54) is 0 Å². The summed E-state index contributed by atoms with van der Waals surface area (Å²) in [6.07, 6.45) is 0.603. The molecule has 0 heterocycles. The van der Waals surface area contributed by atoms with Crippen LogP contribution in [0.2, 0.25) is 0 Å². The van der Waals surface area contributed by atoms with E-state index < -0.39 is 5.97 Å². The first-order chi connectivity index (χ1) is 9.38. The molecule has 0 aliphatic carbocycles. The van der Waals surface area contributed by atoms with Crippen molar-refractivity contribution in [2.24, 2.45) is 5.92 Å². The highest BCUT2D eigenvalue weighted by molar-refractivity contribution is 5.89. The molecule has 1 unspecified atom stereocenters. The molecular formula is C15H22N2O3. The van der Waals surface area contributed by atoms with Gasteiger partial charge in [-0.15, -0.1) is 0 Å². The summed E-state index contributed by atoms with van der Waals surface area (Å²) < 4.78 is 0. The smallest absolute Gasteiger partial charge is 0.319 e. The van der Waals surface area contributed by atoms with E-state index in [9.17, 15) is 9.59 Å². The molecule has 0 aliphatic rings. The molecule has 20 heavy (non-hydrogen) atoms. The van der Waals surface area contributed by atoms with Gasteiger partial charge >= 0.3 is 12.0 Å². The highest BCUT2D eigenvalue weighted by Gasteiger charge is 2.10. The zero-order valence-electron chi connectivity index (χ0n) is 12.1. The fourth-order valence-corrected chi connectivity index (χ4v) is 1.55. The number of carbonyl (C=O) groups is 2. The van der Waals surface area contributed by atoms with Gasteiger partial charge in [-0.3, -0.25) is 4.79 Å². The van der Waals surface area contributed by atoms with Crippen molar-refractivity contribution in [3.05, 3.63) is 29.8 Å². The monoisotopic (exact) mass is 278 g/mol. The molecule has 0 fully saturated rings. The van der Waals surface area contributed by atoms with Crippen LogP contribution in [0.1, 0.15) is 32.8 Å². The Hall–Kier alpha value is -2.04. The van der Waals surface area contributed by atoms with E-state index in [4.69, 9.17) is 5.11 Å². The van der Waals surface area contributed by atoms with Crippen LogP contribution in [0, 0.1) is 5.92 Å².